The van der Waals surface area contributed by atoms with Gasteiger partial charge in [-0.2, -0.15) is 0 Å². The van der Waals surface area contributed by atoms with Crippen LogP contribution in [0.3, 0.4) is 0 Å². The molecule has 3 heteroatoms. The summed E-state index contributed by atoms with van der Waals surface area (Å²) >= 11 is 3.74. The first-order valence-corrected chi connectivity index (χ1v) is 13.4. The highest BCUT2D eigenvalue weighted by Crippen LogP contribution is 2.40. The molecule has 0 saturated heterocycles. The van der Waals surface area contributed by atoms with E-state index in [1.807, 2.05) is 22.7 Å². The van der Waals surface area contributed by atoms with Gasteiger partial charge in [0.2, 0.25) is 0 Å². The molecular formula is C32H19NS2. The van der Waals surface area contributed by atoms with Gasteiger partial charge in [-0.05, 0) is 77.2 Å². The molecule has 0 aliphatic rings. The maximum atomic E-state index is 2.38. The molecule has 0 saturated carbocycles. The number of rotatable bonds is 2. The van der Waals surface area contributed by atoms with E-state index in [4.69, 9.17) is 0 Å². The maximum absolute atomic E-state index is 2.38. The molecule has 8 rings (SSSR count). The van der Waals surface area contributed by atoms with Crippen LogP contribution in [0.1, 0.15) is 0 Å². The van der Waals surface area contributed by atoms with Crippen LogP contribution in [0.2, 0.25) is 0 Å². The van der Waals surface area contributed by atoms with Crippen molar-refractivity contribution in [3.63, 3.8) is 0 Å². The summed E-state index contributed by atoms with van der Waals surface area (Å²) in [4.78, 5) is 0. The van der Waals surface area contributed by atoms with Gasteiger partial charge in [0.25, 0.3) is 0 Å². The molecule has 0 atom stereocenters. The van der Waals surface area contributed by atoms with Crippen LogP contribution in [0.5, 0.6) is 0 Å². The van der Waals surface area contributed by atoms with E-state index in [0.717, 1.165) is 0 Å². The number of hydrogen-bond donors (Lipinski definition) is 0. The highest BCUT2D eigenvalue weighted by molar-refractivity contribution is 7.26. The lowest BCUT2D eigenvalue weighted by molar-refractivity contribution is 1.13. The number of benzene rings is 5. The molecule has 0 bridgehead atoms. The summed E-state index contributed by atoms with van der Waals surface area (Å²) in [5.41, 5.74) is 4.99. The van der Waals surface area contributed by atoms with Crippen LogP contribution in [-0.4, -0.2) is 4.57 Å². The third kappa shape index (κ3) is 2.92. The number of aromatic nitrogens is 1. The van der Waals surface area contributed by atoms with E-state index in [2.05, 4.69) is 120 Å². The van der Waals surface area contributed by atoms with Crippen LogP contribution in [0.4, 0.5) is 0 Å². The molecule has 3 aromatic heterocycles. The molecule has 1 nitrogen and oxygen atoms in total. The van der Waals surface area contributed by atoms with E-state index < -0.39 is 0 Å². The predicted octanol–water partition coefficient (Wildman–Crippen LogP) is 10.0. The number of thiophene rings is 2. The van der Waals surface area contributed by atoms with Gasteiger partial charge in [0, 0.05) is 52.2 Å². The summed E-state index contributed by atoms with van der Waals surface area (Å²) in [6.45, 7) is 0. The smallest absolute Gasteiger partial charge is 0.0528 e. The minimum atomic E-state index is 1.20. The second-order valence-electron chi connectivity index (χ2n) is 9.05. The number of fused-ring (bicyclic) bond motifs is 7. The largest absolute Gasteiger partial charge is 0.317 e. The van der Waals surface area contributed by atoms with Crippen LogP contribution in [0.15, 0.2) is 115 Å². The Morgan fingerprint density at radius 3 is 1.86 bits per heavy atom. The summed E-state index contributed by atoms with van der Waals surface area (Å²) in [5, 5.41) is 6.61. The Labute approximate surface area is 210 Å². The lowest BCUT2D eigenvalue weighted by Crippen LogP contribution is -1.90. The van der Waals surface area contributed by atoms with Crippen molar-refractivity contribution >= 4 is 73.9 Å². The molecule has 0 N–H and O–H groups in total. The van der Waals surface area contributed by atoms with Gasteiger partial charge in [0.1, 0.15) is 0 Å². The van der Waals surface area contributed by atoms with Gasteiger partial charge in [-0.25, -0.2) is 0 Å². The third-order valence-electron chi connectivity index (χ3n) is 7.04. The first kappa shape index (κ1) is 19.4. The minimum Gasteiger partial charge on any atom is -0.317 e. The Morgan fingerprint density at radius 2 is 1.06 bits per heavy atom. The van der Waals surface area contributed by atoms with E-state index in [1.54, 1.807) is 0 Å². The van der Waals surface area contributed by atoms with Crippen LogP contribution >= 0.6 is 22.7 Å². The fourth-order valence-corrected chi connectivity index (χ4v) is 7.46. The van der Waals surface area contributed by atoms with Crippen molar-refractivity contribution in [3.8, 4) is 16.8 Å². The Hall–Kier alpha value is -3.92. The van der Waals surface area contributed by atoms with Crippen molar-refractivity contribution in [1.29, 1.82) is 0 Å². The van der Waals surface area contributed by atoms with E-state index in [1.165, 1.54) is 68.1 Å². The lowest BCUT2D eigenvalue weighted by atomic mass is 10.0. The van der Waals surface area contributed by atoms with Gasteiger partial charge >= 0.3 is 0 Å². The van der Waals surface area contributed by atoms with Crippen molar-refractivity contribution in [1.82, 2.24) is 4.57 Å². The SMILES string of the molecule is c1ccc2c(c1)ccn2-c1ccc2sc3ccc(-c4ccc5sc6ccccc6c5c4)cc3c2c1. The van der Waals surface area contributed by atoms with E-state index in [0.29, 0.717) is 0 Å². The fraction of sp³-hybridized carbons (Fsp3) is 0. The molecule has 0 aliphatic heterocycles. The Kier molecular flexibility index (Phi) is 4.04. The zero-order chi connectivity index (χ0) is 22.9. The molecular weight excluding hydrogens is 462 g/mol. The van der Waals surface area contributed by atoms with Gasteiger partial charge in [0.15, 0.2) is 0 Å². The summed E-state index contributed by atoms with van der Waals surface area (Å²) in [7, 11) is 0. The highest BCUT2D eigenvalue weighted by atomic mass is 32.1. The van der Waals surface area contributed by atoms with Crippen molar-refractivity contribution in [3.05, 3.63) is 115 Å². The molecule has 35 heavy (non-hydrogen) atoms. The zero-order valence-electron chi connectivity index (χ0n) is 18.7. The van der Waals surface area contributed by atoms with Crippen molar-refractivity contribution < 1.29 is 0 Å². The van der Waals surface area contributed by atoms with Crippen LogP contribution < -0.4 is 0 Å². The molecule has 0 fully saturated rings. The van der Waals surface area contributed by atoms with Crippen LogP contribution in [0.25, 0.3) is 68.1 Å². The molecule has 0 radical (unpaired) electrons. The van der Waals surface area contributed by atoms with Crippen LogP contribution in [0, 0.1) is 0 Å². The first-order chi connectivity index (χ1) is 17.3. The highest BCUT2D eigenvalue weighted by Gasteiger charge is 2.11. The van der Waals surface area contributed by atoms with Gasteiger partial charge in [0.05, 0.1) is 5.52 Å². The molecule has 5 aromatic carbocycles. The molecule has 8 aromatic rings. The lowest BCUT2D eigenvalue weighted by Gasteiger charge is -2.06. The molecule has 164 valence electrons. The van der Waals surface area contributed by atoms with Crippen molar-refractivity contribution in [2.75, 3.05) is 0 Å². The zero-order valence-corrected chi connectivity index (χ0v) is 20.4. The van der Waals surface area contributed by atoms with E-state index in [9.17, 15) is 0 Å². The van der Waals surface area contributed by atoms with Gasteiger partial charge < -0.3 is 4.57 Å². The third-order valence-corrected chi connectivity index (χ3v) is 9.34. The fourth-order valence-electron chi connectivity index (χ4n) is 5.31. The van der Waals surface area contributed by atoms with Crippen molar-refractivity contribution in [2.45, 2.75) is 0 Å². The molecule has 3 heterocycles. The minimum absolute atomic E-state index is 1.20. The Bertz CT molecular complexity index is 2070. The Morgan fingerprint density at radius 1 is 0.457 bits per heavy atom. The average Bonchev–Trinajstić information content (AvgIpc) is 3.60. The summed E-state index contributed by atoms with van der Waals surface area (Å²) in [6.07, 6.45) is 2.17. The van der Waals surface area contributed by atoms with Crippen LogP contribution in [-0.2, 0) is 0 Å². The molecule has 0 unspecified atom stereocenters. The second-order valence-corrected chi connectivity index (χ2v) is 11.2. The van der Waals surface area contributed by atoms with Gasteiger partial charge in [-0.1, -0.05) is 48.5 Å². The quantitative estimate of drug-likeness (QED) is 0.231. The van der Waals surface area contributed by atoms with Crippen molar-refractivity contribution in [2.24, 2.45) is 0 Å². The second kappa shape index (κ2) is 7.29. The van der Waals surface area contributed by atoms with E-state index >= 15 is 0 Å². The number of hydrogen-bond acceptors (Lipinski definition) is 2. The summed E-state index contributed by atoms with van der Waals surface area (Å²) in [5.74, 6) is 0. The first-order valence-electron chi connectivity index (χ1n) is 11.8. The average molecular weight is 482 g/mol. The maximum Gasteiger partial charge on any atom is 0.0528 e. The molecule has 0 aliphatic carbocycles. The number of nitrogens with zero attached hydrogens (tertiary/aromatic N) is 1. The monoisotopic (exact) mass is 481 g/mol. The summed E-state index contributed by atoms with van der Waals surface area (Å²) < 4.78 is 7.65. The summed E-state index contributed by atoms with van der Waals surface area (Å²) in [6, 6.07) is 40.2. The normalized spacial score (nSPS) is 12.0. The van der Waals surface area contributed by atoms with E-state index in [-0.39, 0.29) is 0 Å². The van der Waals surface area contributed by atoms with Gasteiger partial charge in [-0.3, -0.25) is 0 Å². The molecule has 0 spiro atoms. The molecule has 0 amide bonds. The standard InChI is InChI=1S/C32H19NS2/c1-3-7-28-20(5-1)15-16-33(28)23-11-14-32-27(19-23)26-18-22(10-13-31(26)35-32)21-9-12-30-25(17-21)24-6-2-4-8-29(24)34-30/h1-19H. The Balaban J connectivity index is 1.31. The topological polar surface area (TPSA) is 4.93 Å². The van der Waals surface area contributed by atoms with Gasteiger partial charge in [-0.15, -0.1) is 22.7 Å². The predicted molar refractivity (Wildman–Crippen MR) is 154 cm³/mol. The number of para-hydroxylation sites is 1.